The Bertz CT molecular complexity index is 713. The number of hydrogen-bond acceptors (Lipinski definition) is 5. The van der Waals surface area contributed by atoms with Gasteiger partial charge in [-0.2, -0.15) is 0 Å². The van der Waals surface area contributed by atoms with Crippen LogP contribution in [0, 0.1) is 0 Å². The summed E-state index contributed by atoms with van der Waals surface area (Å²) in [5.41, 5.74) is 2.84. The number of aliphatic hydroxyl groups is 1. The van der Waals surface area contributed by atoms with Crippen LogP contribution >= 0.6 is 11.3 Å². The van der Waals surface area contributed by atoms with Crippen LogP contribution in [0.1, 0.15) is 42.8 Å². The first-order valence-electron chi connectivity index (χ1n) is 8.00. The minimum absolute atomic E-state index is 0.792. The maximum absolute atomic E-state index is 10.2. The molecule has 0 atom stereocenters. The number of aromatic nitrogens is 2. The first-order chi connectivity index (χ1) is 10.5. The second-order valence-electron chi connectivity index (χ2n) is 6.71. The van der Waals surface area contributed by atoms with Crippen LogP contribution in [0.4, 0.5) is 5.95 Å². The average Bonchev–Trinajstić information content (AvgIpc) is 3.03. The quantitative estimate of drug-likeness (QED) is 0.945. The number of anilines is 1. The second-order valence-corrected chi connectivity index (χ2v) is 7.80. The minimum atomic E-state index is -0.792. The molecule has 4 nitrogen and oxygen atoms in total. The van der Waals surface area contributed by atoms with Crippen molar-refractivity contribution >= 4 is 17.3 Å². The fourth-order valence-corrected chi connectivity index (χ4v) is 4.10. The molecule has 1 N–H and O–H groups in total. The van der Waals surface area contributed by atoms with Gasteiger partial charge >= 0.3 is 0 Å². The normalized spacial score (nSPS) is 17.5. The molecule has 0 aromatic carbocycles. The van der Waals surface area contributed by atoms with Crippen LogP contribution in [-0.4, -0.2) is 28.2 Å². The molecule has 3 heterocycles. The average molecular weight is 315 g/mol. The number of rotatable bonds is 3. The first kappa shape index (κ1) is 14.2. The molecule has 5 heteroatoms. The Kier molecular flexibility index (Phi) is 3.24. The molecule has 0 spiro atoms. The third-order valence-electron chi connectivity index (χ3n) is 4.50. The Hall–Kier alpha value is -1.46. The summed E-state index contributed by atoms with van der Waals surface area (Å²) in [6.07, 6.45) is 4.54. The number of nitrogens with zero attached hydrogens (tertiary/aromatic N) is 3. The van der Waals surface area contributed by atoms with E-state index < -0.39 is 5.60 Å². The summed E-state index contributed by atoms with van der Waals surface area (Å²) in [7, 11) is 0. The van der Waals surface area contributed by atoms with Crippen molar-refractivity contribution < 1.29 is 5.11 Å². The highest BCUT2D eigenvalue weighted by molar-refractivity contribution is 7.15. The molecule has 2 aliphatic rings. The maximum Gasteiger partial charge on any atom is 0.226 e. The molecule has 1 fully saturated rings. The van der Waals surface area contributed by atoms with Crippen molar-refractivity contribution in [2.75, 3.05) is 18.0 Å². The SMILES string of the molecule is CC(C)(O)c1ccc(-c2nc(N3CCC3)nc3c2CCC3)s1. The van der Waals surface area contributed by atoms with Crippen LogP contribution in [0.15, 0.2) is 12.1 Å². The molecular weight excluding hydrogens is 294 g/mol. The van der Waals surface area contributed by atoms with Gasteiger partial charge in [0.1, 0.15) is 0 Å². The Balaban J connectivity index is 1.80. The van der Waals surface area contributed by atoms with E-state index in [4.69, 9.17) is 9.97 Å². The number of aryl methyl sites for hydroxylation is 1. The smallest absolute Gasteiger partial charge is 0.226 e. The minimum Gasteiger partial charge on any atom is -0.385 e. The van der Waals surface area contributed by atoms with Gasteiger partial charge < -0.3 is 10.0 Å². The van der Waals surface area contributed by atoms with Crippen molar-refractivity contribution in [3.63, 3.8) is 0 Å². The third kappa shape index (κ3) is 2.32. The monoisotopic (exact) mass is 315 g/mol. The molecule has 0 saturated carbocycles. The zero-order chi connectivity index (χ0) is 15.3. The molecule has 0 unspecified atom stereocenters. The molecule has 2 aromatic rings. The van der Waals surface area contributed by atoms with Crippen LogP contribution < -0.4 is 4.90 Å². The zero-order valence-electron chi connectivity index (χ0n) is 13.1. The van der Waals surface area contributed by atoms with Crippen LogP contribution in [0.5, 0.6) is 0 Å². The van der Waals surface area contributed by atoms with E-state index >= 15 is 0 Å². The van der Waals surface area contributed by atoms with Gasteiger partial charge in [-0.1, -0.05) is 0 Å². The maximum atomic E-state index is 10.2. The summed E-state index contributed by atoms with van der Waals surface area (Å²) in [5.74, 6) is 0.889. The summed E-state index contributed by atoms with van der Waals surface area (Å²) in [5, 5.41) is 10.2. The highest BCUT2D eigenvalue weighted by Gasteiger charge is 2.26. The lowest BCUT2D eigenvalue weighted by atomic mass is 10.1. The van der Waals surface area contributed by atoms with E-state index in [9.17, 15) is 5.11 Å². The predicted octanol–water partition coefficient (Wildman–Crippen LogP) is 3.13. The van der Waals surface area contributed by atoms with E-state index in [2.05, 4.69) is 11.0 Å². The van der Waals surface area contributed by atoms with Crippen molar-refractivity contribution in [3.8, 4) is 10.6 Å². The predicted molar refractivity (Wildman–Crippen MR) is 89.4 cm³/mol. The van der Waals surface area contributed by atoms with Crippen LogP contribution in [-0.2, 0) is 18.4 Å². The molecule has 0 radical (unpaired) electrons. The van der Waals surface area contributed by atoms with Crippen LogP contribution in [0.25, 0.3) is 10.6 Å². The first-order valence-corrected chi connectivity index (χ1v) is 8.82. The summed E-state index contributed by atoms with van der Waals surface area (Å²) in [6.45, 7) is 5.80. The Labute approximate surface area is 134 Å². The molecule has 1 aliphatic heterocycles. The third-order valence-corrected chi connectivity index (χ3v) is 5.91. The Morgan fingerprint density at radius 2 is 1.95 bits per heavy atom. The summed E-state index contributed by atoms with van der Waals surface area (Å²) < 4.78 is 0. The standard InChI is InChI=1S/C17H21N3OS/c1-17(2,21)14-8-7-13(22-14)15-11-5-3-6-12(11)18-16(19-15)20-9-4-10-20/h7-8,21H,3-6,9-10H2,1-2H3. The molecule has 0 bridgehead atoms. The van der Waals surface area contributed by atoms with E-state index in [0.29, 0.717) is 0 Å². The van der Waals surface area contributed by atoms with Gasteiger partial charge in [0.15, 0.2) is 0 Å². The van der Waals surface area contributed by atoms with Crippen molar-refractivity contribution in [2.24, 2.45) is 0 Å². The fourth-order valence-electron chi connectivity index (χ4n) is 3.07. The summed E-state index contributed by atoms with van der Waals surface area (Å²) in [6, 6.07) is 4.12. The van der Waals surface area contributed by atoms with Crippen molar-refractivity contribution in [1.29, 1.82) is 0 Å². The molecule has 2 aromatic heterocycles. The number of fused-ring (bicyclic) bond motifs is 1. The lowest BCUT2D eigenvalue weighted by Gasteiger charge is -2.31. The summed E-state index contributed by atoms with van der Waals surface area (Å²) in [4.78, 5) is 14.1. The largest absolute Gasteiger partial charge is 0.385 e. The van der Waals surface area contributed by atoms with Gasteiger partial charge in [-0.25, -0.2) is 9.97 Å². The highest BCUT2D eigenvalue weighted by atomic mass is 32.1. The van der Waals surface area contributed by atoms with E-state index in [1.807, 2.05) is 19.9 Å². The van der Waals surface area contributed by atoms with E-state index in [1.165, 1.54) is 24.1 Å². The highest BCUT2D eigenvalue weighted by Crippen LogP contribution is 2.38. The van der Waals surface area contributed by atoms with Crippen LogP contribution in [0.3, 0.4) is 0 Å². The lowest BCUT2D eigenvalue weighted by molar-refractivity contribution is 0.0825. The molecule has 22 heavy (non-hydrogen) atoms. The number of hydrogen-bond donors (Lipinski definition) is 1. The second kappa shape index (κ2) is 5.03. The topological polar surface area (TPSA) is 49.3 Å². The molecule has 1 saturated heterocycles. The molecule has 116 valence electrons. The van der Waals surface area contributed by atoms with Crippen molar-refractivity contribution in [1.82, 2.24) is 9.97 Å². The van der Waals surface area contributed by atoms with Crippen molar-refractivity contribution in [2.45, 2.75) is 45.1 Å². The molecule has 0 amide bonds. The van der Waals surface area contributed by atoms with Gasteiger partial charge in [0.05, 0.1) is 16.2 Å². The number of thiophene rings is 1. The van der Waals surface area contributed by atoms with E-state index in [-0.39, 0.29) is 0 Å². The zero-order valence-corrected chi connectivity index (χ0v) is 13.9. The molecule has 4 rings (SSSR count). The van der Waals surface area contributed by atoms with Crippen molar-refractivity contribution in [3.05, 3.63) is 28.3 Å². The Morgan fingerprint density at radius 3 is 2.59 bits per heavy atom. The lowest BCUT2D eigenvalue weighted by Crippen LogP contribution is -2.38. The van der Waals surface area contributed by atoms with Gasteiger partial charge in [-0.15, -0.1) is 11.3 Å². The van der Waals surface area contributed by atoms with Gasteiger partial charge in [0.25, 0.3) is 0 Å². The summed E-state index contributed by atoms with van der Waals surface area (Å²) >= 11 is 1.65. The molecule has 1 aliphatic carbocycles. The van der Waals surface area contributed by atoms with E-state index in [1.54, 1.807) is 11.3 Å². The van der Waals surface area contributed by atoms with Gasteiger partial charge in [0.2, 0.25) is 5.95 Å². The van der Waals surface area contributed by atoms with E-state index in [0.717, 1.165) is 47.3 Å². The van der Waals surface area contributed by atoms with Gasteiger partial charge in [-0.05, 0) is 51.7 Å². The van der Waals surface area contributed by atoms with Gasteiger partial charge in [0, 0.05) is 29.2 Å². The molecular formula is C17H21N3OS. The fraction of sp³-hybridized carbons (Fsp3) is 0.529. The van der Waals surface area contributed by atoms with Gasteiger partial charge in [-0.3, -0.25) is 0 Å². The van der Waals surface area contributed by atoms with Crippen LogP contribution in [0.2, 0.25) is 0 Å². The Morgan fingerprint density at radius 1 is 1.14 bits per heavy atom.